The van der Waals surface area contributed by atoms with Gasteiger partial charge in [0.25, 0.3) is 0 Å². The number of carbonyl (C=O) groups is 1. The summed E-state index contributed by atoms with van der Waals surface area (Å²) in [6, 6.07) is 6.70. The Kier molecular flexibility index (Phi) is 4.30. The second-order valence-electron chi connectivity index (χ2n) is 5.19. The summed E-state index contributed by atoms with van der Waals surface area (Å²) in [7, 11) is 1.40. The van der Waals surface area contributed by atoms with Gasteiger partial charge in [0.2, 0.25) is 0 Å². The lowest BCUT2D eigenvalue weighted by atomic mass is 10.0. The summed E-state index contributed by atoms with van der Waals surface area (Å²) in [6.45, 7) is 6.14. The minimum absolute atomic E-state index is 0.169. The van der Waals surface area contributed by atoms with Crippen LogP contribution in [0.1, 0.15) is 24.0 Å². The molecule has 0 aliphatic carbocycles. The number of carbonyl (C=O) groups excluding carboxylic acids is 1. The van der Waals surface area contributed by atoms with E-state index in [9.17, 15) is 4.79 Å². The number of methoxy groups -OCH3 is 1. The number of amides is 1. The van der Waals surface area contributed by atoms with Crippen molar-refractivity contribution >= 4 is 11.8 Å². The average Bonchev–Trinajstić information content (AvgIpc) is 2.42. The van der Waals surface area contributed by atoms with E-state index in [1.54, 1.807) is 0 Å². The zero-order valence-electron chi connectivity index (χ0n) is 11.9. The summed E-state index contributed by atoms with van der Waals surface area (Å²) in [5, 5.41) is 2.89. The summed E-state index contributed by atoms with van der Waals surface area (Å²) in [5.74, 6) is 0. The number of benzene rings is 1. The smallest absolute Gasteiger partial charge is 0.407 e. The molecule has 4 heteroatoms. The molecule has 104 valence electrons. The maximum Gasteiger partial charge on any atom is 0.407 e. The maximum atomic E-state index is 11.3. The van der Waals surface area contributed by atoms with Crippen molar-refractivity contribution in [2.75, 3.05) is 25.1 Å². The fourth-order valence-electron chi connectivity index (χ4n) is 2.48. The number of nitrogens with zero attached hydrogens (tertiary/aromatic N) is 1. The van der Waals surface area contributed by atoms with Gasteiger partial charge in [-0.3, -0.25) is 0 Å². The van der Waals surface area contributed by atoms with E-state index < -0.39 is 0 Å². The van der Waals surface area contributed by atoms with Crippen molar-refractivity contribution in [2.24, 2.45) is 0 Å². The standard InChI is InChI=1S/C15H22N2O2/c1-11-6-7-14(9-12(11)2)17-8-4-5-13(10-17)16-15(18)19-3/h6-7,9,13H,4-5,8,10H2,1-3H3,(H,16,18). The molecule has 1 atom stereocenters. The van der Waals surface area contributed by atoms with Crippen LogP contribution in [-0.2, 0) is 4.74 Å². The van der Waals surface area contributed by atoms with Gasteiger partial charge in [-0.15, -0.1) is 0 Å². The van der Waals surface area contributed by atoms with Gasteiger partial charge in [0.15, 0.2) is 0 Å². The van der Waals surface area contributed by atoms with Crippen LogP contribution in [0.15, 0.2) is 18.2 Å². The summed E-state index contributed by atoms with van der Waals surface area (Å²) in [6.07, 6.45) is 1.75. The molecule has 1 amide bonds. The van der Waals surface area contributed by atoms with Crippen molar-refractivity contribution in [3.8, 4) is 0 Å². The Morgan fingerprint density at radius 2 is 2.16 bits per heavy atom. The van der Waals surface area contributed by atoms with E-state index in [1.807, 2.05) is 0 Å². The number of aryl methyl sites for hydroxylation is 2. The Bertz CT molecular complexity index is 459. The van der Waals surface area contributed by atoms with Crippen LogP contribution < -0.4 is 10.2 Å². The van der Waals surface area contributed by atoms with E-state index >= 15 is 0 Å². The van der Waals surface area contributed by atoms with Crippen LogP contribution in [0.4, 0.5) is 10.5 Å². The van der Waals surface area contributed by atoms with Gasteiger partial charge in [0.05, 0.1) is 7.11 Å². The summed E-state index contributed by atoms with van der Waals surface area (Å²) < 4.78 is 4.66. The molecule has 1 aliphatic rings. The molecule has 1 saturated heterocycles. The largest absolute Gasteiger partial charge is 0.453 e. The van der Waals surface area contributed by atoms with Gasteiger partial charge in [-0.2, -0.15) is 0 Å². The predicted octanol–water partition coefficient (Wildman–Crippen LogP) is 2.63. The van der Waals surface area contributed by atoms with E-state index in [0.29, 0.717) is 0 Å². The highest BCUT2D eigenvalue weighted by atomic mass is 16.5. The number of piperidine rings is 1. The number of anilines is 1. The number of alkyl carbamates (subject to hydrolysis) is 1. The van der Waals surface area contributed by atoms with Crippen molar-refractivity contribution in [3.05, 3.63) is 29.3 Å². The normalized spacial score (nSPS) is 19.1. The van der Waals surface area contributed by atoms with Crippen molar-refractivity contribution in [1.29, 1.82) is 0 Å². The van der Waals surface area contributed by atoms with Gasteiger partial charge in [-0.1, -0.05) is 6.07 Å². The second kappa shape index (κ2) is 5.95. The average molecular weight is 262 g/mol. The first-order valence-electron chi connectivity index (χ1n) is 6.77. The fourth-order valence-corrected chi connectivity index (χ4v) is 2.48. The van der Waals surface area contributed by atoms with E-state index in [4.69, 9.17) is 0 Å². The lowest BCUT2D eigenvalue weighted by Gasteiger charge is -2.34. The molecule has 1 aromatic rings. The third-order valence-electron chi connectivity index (χ3n) is 3.78. The SMILES string of the molecule is COC(=O)NC1CCCN(c2ccc(C)c(C)c2)C1. The van der Waals surface area contributed by atoms with Gasteiger partial charge in [-0.05, 0) is 49.9 Å². The molecule has 1 aliphatic heterocycles. The number of nitrogens with one attached hydrogen (secondary N) is 1. The molecule has 0 bridgehead atoms. The van der Waals surface area contributed by atoms with Gasteiger partial charge in [0.1, 0.15) is 0 Å². The highest BCUT2D eigenvalue weighted by Crippen LogP contribution is 2.22. The third kappa shape index (κ3) is 3.40. The monoisotopic (exact) mass is 262 g/mol. The Morgan fingerprint density at radius 3 is 2.84 bits per heavy atom. The molecule has 19 heavy (non-hydrogen) atoms. The van der Waals surface area contributed by atoms with Crippen molar-refractivity contribution in [3.63, 3.8) is 0 Å². The molecule has 2 rings (SSSR count). The number of rotatable bonds is 2. The molecule has 1 fully saturated rings. The molecule has 1 unspecified atom stereocenters. The van der Waals surface area contributed by atoms with Gasteiger partial charge in [-0.25, -0.2) is 4.79 Å². The van der Waals surface area contributed by atoms with Crippen molar-refractivity contribution < 1.29 is 9.53 Å². The second-order valence-corrected chi connectivity index (χ2v) is 5.19. The molecule has 1 aromatic carbocycles. The molecule has 0 radical (unpaired) electrons. The first-order chi connectivity index (χ1) is 9.10. The lowest BCUT2D eigenvalue weighted by Crippen LogP contribution is -2.47. The van der Waals surface area contributed by atoms with Crippen LogP contribution in [0, 0.1) is 13.8 Å². The van der Waals surface area contributed by atoms with Crippen LogP contribution in [0.3, 0.4) is 0 Å². The van der Waals surface area contributed by atoms with Gasteiger partial charge in [0, 0.05) is 24.8 Å². The molecule has 4 nitrogen and oxygen atoms in total. The highest BCUT2D eigenvalue weighted by molar-refractivity contribution is 5.67. The third-order valence-corrected chi connectivity index (χ3v) is 3.78. The predicted molar refractivity (Wildman–Crippen MR) is 76.7 cm³/mol. The van der Waals surface area contributed by atoms with Crippen LogP contribution in [0.5, 0.6) is 0 Å². The molecule has 0 aromatic heterocycles. The molecular weight excluding hydrogens is 240 g/mol. The molecule has 0 spiro atoms. The zero-order chi connectivity index (χ0) is 13.8. The summed E-state index contributed by atoms with van der Waals surface area (Å²) in [4.78, 5) is 13.6. The van der Waals surface area contributed by atoms with E-state index in [2.05, 4.69) is 47.0 Å². The molecule has 0 saturated carbocycles. The van der Waals surface area contributed by atoms with Crippen LogP contribution >= 0.6 is 0 Å². The van der Waals surface area contributed by atoms with Gasteiger partial charge < -0.3 is 15.0 Å². The number of hydrogen-bond acceptors (Lipinski definition) is 3. The molecule has 1 N–H and O–H groups in total. The fraction of sp³-hybridized carbons (Fsp3) is 0.533. The summed E-state index contributed by atoms with van der Waals surface area (Å²) in [5.41, 5.74) is 3.85. The molecule has 1 heterocycles. The lowest BCUT2D eigenvalue weighted by molar-refractivity contribution is 0.165. The van der Waals surface area contributed by atoms with Crippen LogP contribution in [0.2, 0.25) is 0 Å². The zero-order valence-corrected chi connectivity index (χ0v) is 11.9. The maximum absolute atomic E-state index is 11.3. The Balaban J connectivity index is 2.04. The first kappa shape index (κ1) is 13.7. The van der Waals surface area contributed by atoms with Crippen molar-refractivity contribution in [1.82, 2.24) is 5.32 Å². The number of ether oxygens (including phenoxy) is 1. The van der Waals surface area contributed by atoms with E-state index in [-0.39, 0.29) is 12.1 Å². The quantitative estimate of drug-likeness (QED) is 0.891. The summed E-state index contributed by atoms with van der Waals surface area (Å²) >= 11 is 0. The highest BCUT2D eigenvalue weighted by Gasteiger charge is 2.21. The Morgan fingerprint density at radius 1 is 1.37 bits per heavy atom. The van der Waals surface area contributed by atoms with E-state index in [1.165, 1.54) is 23.9 Å². The molecular formula is C15H22N2O2. The first-order valence-corrected chi connectivity index (χ1v) is 6.77. The van der Waals surface area contributed by atoms with E-state index in [0.717, 1.165) is 25.9 Å². The van der Waals surface area contributed by atoms with Crippen LogP contribution in [0.25, 0.3) is 0 Å². The minimum atomic E-state index is -0.341. The van der Waals surface area contributed by atoms with Crippen LogP contribution in [-0.4, -0.2) is 32.3 Å². The topological polar surface area (TPSA) is 41.6 Å². The van der Waals surface area contributed by atoms with Gasteiger partial charge >= 0.3 is 6.09 Å². The Hall–Kier alpha value is -1.71. The van der Waals surface area contributed by atoms with Crippen molar-refractivity contribution in [2.45, 2.75) is 32.7 Å². The Labute approximate surface area is 114 Å². The number of hydrogen-bond donors (Lipinski definition) is 1. The minimum Gasteiger partial charge on any atom is -0.453 e.